The number of likely N-dealkylation sites (N-methyl/N-ethyl adjacent to an activating group) is 1. The number of hydrogen-bond acceptors (Lipinski definition) is 7. The fourth-order valence-corrected chi connectivity index (χ4v) is 1.45. The molecular weight excluding hydrogens is 284 g/mol. The summed E-state index contributed by atoms with van der Waals surface area (Å²) in [7, 11) is 1.71. The van der Waals surface area contributed by atoms with Crippen LogP contribution in [0.1, 0.15) is 6.92 Å². The Kier molecular flexibility index (Phi) is 4.41. The van der Waals surface area contributed by atoms with Crippen molar-refractivity contribution in [2.45, 2.75) is 6.92 Å². The maximum Gasteiger partial charge on any atom is 0.258 e. The van der Waals surface area contributed by atoms with Crippen molar-refractivity contribution in [1.29, 1.82) is 0 Å². The van der Waals surface area contributed by atoms with Gasteiger partial charge in [-0.1, -0.05) is 0 Å². The van der Waals surface area contributed by atoms with Gasteiger partial charge in [-0.25, -0.2) is 4.98 Å². The maximum atomic E-state index is 11.7. The molecule has 0 unspecified atom stereocenters. The molecule has 0 atom stereocenters. The molecule has 0 aliphatic carbocycles. The van der Waals surface area contributed by atoms with Gasteiger partial charge in [-0.05, 0) is 18.5 Å². The molecule has 0 aliphatic heterocycles. The van der Waals surface area contributed by atoms with Crippen molar-refractivity contribution < 1.29 is 4.79 Å². The number of aromatic nitrogens is 6. The smallest absolute Gasteiger partial charge is 0.258 e. The van der Waals surface area contributed by atoms with Gasteiger partial charge >= 0.3 is 0 Å². The minimum atomic E-state index is -0.0775. The molecular formula is C10H13ClN8O. The van der Waals surface area contributed by atoms with Gasteiger partial charge in [0, 0.05) is 13.6 Å². The fraction of sp³-hybridized carbons (Fsp3) is 0.400. The highest BCUT2D eigenvalue weighted by molar-refractivity contribution is 6.28. The van der Waals surface area contributed by atoms with Gasteiger partial charge in [-0.15, -0.1) is 0 Å². The summed E-state index contributed by atoms with van der Waals surface area (Å²) in [4.78, 5) is 29.0. The number of halogens is 1. The monoisotopic (exact) mass is 296 g/mol. The van der Waals surface area contributed by atoms with Crippen LogP contribution in [0.15, 0.2) is 12.7 Å². The van der Waals surface area contributed by atoms with Crippen molar-refractivity contribution in [2.24, 2.45) is 0 Å². The van der Waals surface area contributed by atoms with Crippen LogP contribution in [0, 0.1) is 0 Å². The quantitative estimate of drug-likeness (QED) is 0.828. The van der Waals surface area contributed by atoms with E-state index in [2.05, 4.69) is 30.4 Å². The van der Waals surface area contributed by atoms with E-state index >= 15 is 0 Å². The normalized spacial score (nSPS) is 10.3. The van der Waals surface area contributed by atoms with E-state index in [0.717, 1.165) is 0 Å². The van der Waals surface area contributed by atoms with E-state index in [1.807, 2.05) is 6.92 Å². The molecule has 9 nitrogen and oxygen atoms in total. The predicted molar refractivity (Wildman–Crippen MR) is 71.6 cm³/mol. The van der Waals surface area contributed by atoms with E-state index in [0.29, 0.717) is 6.54 Å². The minimum absolute atomic E-state index is 0.00398. The Bertz CT molecular complexity index is 587. The number of rotatable bonds is 5. The number of carbonyl (C=O) groups excluding carboxylic acids is 1. The molecule has 2 heterocycles. The van der Waals surface area contributed by atoms with Gasteiger partial charge in [0.1, 0.15) is 12.7 Å². The van der Waals surface area contributed by atoms with Crippen LogP contribution in [0.4, 0.5) is 5.95 Å². The summed E-state index contributed by atoms with van der Waals surface area (Å²) < 4.78 is 1.35. The average molecular weight is 297 g/mol. The molecule has 10 heteroatoms. The van der Waals surface area contributed by atoms with Gasteiger partial charge < -0.3 is 10.2 Å². The Balaban J connectivity index is 2.11. The highest BCUT2D eigenvalue weighted by Crippen LogP contribution is 2.08. The van der Waals surface area contributed by atoms with Crippen LogP contribution in [-0.2, 0) is 4.79 Å². The molecule has 106 valence electrons. The van der Waals surface area contributed by atoms with Gasteiger partial charge in [0.2, 0.25) is 17.1 Å². The first-order valence-electron chi connectivity index (χ1n) is 5.84. The number of hydrogen-bond donors (Lipinski definition) is 1. The third-order valence-electron chi connectivity index (χ3n) is 2.52. The van der Waals surface area contributed by atoms with Crippen molar-refractivity contribution in [1.82, 2.24) is 34.6 Å². The van der Waals surface area contributed by atoms with E-state index in [1.54, 1.807) is 11.9 Å². The molecule has 1 amide bonds. The number of carbonyl (C=O) groups is 1. The van der Waals surface area contributed by atoms with E-state index in [1.165, 1.54) is 17.3 Å². The van der Waals surface area contributed by atoms with Crippen LogP contribution in [0.2, 0.25) is 5.28 Å². The summed E-state index contributed by atoms with van der Waals surface area (Å²) in [6.45, 7) is 2.59. The van der Waals surface area contributed by atoms with E-state index in [9.17, 15) is 4.79 Å². The standard InChI is InChI=1S/C10H13ClN8O/c1-3-18(2)7(20)4-13-9-15-8(11)16-10(17-9)19-6-12-5-14-19/h5-6H,3-4H2,1-2H3,(H,13,15,16,17). The molecule has 0 saturated carbocycles. The number of amides is 1. The third-order valence-corrected chi connectivity index (χ3v) is 2.69. The largest absolute Gasteiger partial charge is 0.345 e. The van der Waals surface area contributed by atoms with Crippen LogP contribution in [0.5, 0.6) is 0 Å². The van der Waals surface area contributed by atoms with E-state index < -0.39 is 0 Å². The van der Waals surface area contributed by atoms with Crippen LogP contribution < -0.4 is 5.32 Å². The molecule has 0 aromatic carbocycles. The first kappa shape index (κ1) is 14.1. The first-order chi connectivity index (χ1) is 9.60. The number of nitrogens with one attached hydrogen (secondary N) is 1. The Morgan fingerprint density at radius 2 is 2.25 bits per heavy atom. The SMILES string of the molecule is CCN(C)C(=O)CNc1nc(Cl)nc(-n2cncn2)n1. The van der Waals surface area contributed by atoms with Crippen LogP contribution in [0.3, 0.4) is 0 Å². The lowest BCUT2D eigenvalue weighted by Gasteiger charge is -2.14. The molecule has 0 radical (unpaired) electrons. The van der Waals surface area contributed by atoms with Crippen LogP contribution >= 0.6 is 11.6 Å². The summed E-state index contributed by atoms with van der Waals surface area (Å²) in [5, 5.41) is 6.70. The highest BCUT2D eigenvalue weighted by Gasteiger charge is 2.10. The maximum absolute atomic E-state index is 11.7. The molecule has 2 rings (SSSR count). The summed E-state index contributed by atoms with van der Waals surface area (Å²) in [6.07, 6.45) is 2.79. The molecule has 2 aromatic rings. The lowest BCUT2D eigenvalue weighted by atomic mass is 10.5. The van der Waals surface area contributed by atoms with Crippen LogP contribution in [-0.4, -0.2) is 60.7 Å². The summed E-state index contributed by atoms with van der Waals surface area (Å²) in [5.41, 5.74) is 0. The zero-order valence-corrected chi connectivity index (χ0v) is 11.7. The van der Waals surface area contributed by atoms with E-state index in [-0.39, 0.29) is 29.6 Å². The molecule has 0 saturated heterocycles. The molecule has 0 bridgehead atoms. The Morgan fingerprint density at radius 1 is 1.45 bits per heavy atom. The zero-order chi connectivity index (χ0) is 14.5. The second-order valence-corrected chi connectivity index (χ2v) is 4.17. The summed E-state index contributed by atoms with van der Waals surface area (Å²) in [6, 6.07) is 0. The summed E-state index contributed by atoms with van der Waals surface area (Å²) >= 11 is 5.81. The lowest BCUT2D eigenvalue weighted by molar-refractivity contribution is -0.127. The van der Waals surface area contributed by atoms with Crippen molar-refractivity contribution >= 4 is 23.5 Å². The Labute approximate surface area is 120 Å². The molecule has 0 spiro atoms. The minimum Gasteiger partial charge on any atom is -0.345 e. The zero-order valence-electron chi connectivity index (χ0n) is 11.0. The summed E-state index contributed by atoms with van der Waals surface area (Å²) in [5.74, 6) is 0.348. The third kappa shape index (κ3) is 3.38. The topological polar surface area (TPSA) is 102 Å². The molecule has 2 aromatic heterocycles. The molecule has 20 heavy (non-hydrogen) atoms. The molecule has 0 aliphatic rings. The predicted octanol–water partition coefficient (Wildman–Crippen LogP) is -0.00410. The van der Waals surface area contributed by atoms with Crippen molar-refractivity contribution in [3.63, 3.8) is 0 Å². The van der Waals surface area contributed by atoms with Crippen molar-refractivity contribution in [3.8, 4) is 5.95 Å². The second kappa shape index (κ2) is 6.24. The lowest BCUT2D eigenvalue weighted by Crippen LogP contribution is -2.32. The van der Waals surface area contributed by atoms with Gasteiger partial charge in [0.25, 0.3) is 5.95 Å². The van der Waals surface area contributed by atoms with Crippen molar-refractivity contribution in [3.05, 3.63) is 17.9 Å². The number of nitrogens with zero attached hydrogens (tertiary/aromatic N) is 7. The molecule has 1 N–H and O–H groups in total. The van der Waals surface area contributed by atoms with Gasteiger partial charge in [-0.3, -0.25) is 4.79 Å². The van der Waals surface area contributed by atoms with Gasteiger partial charge in [0.15, 0.2) is 0 Å². The van der Waals surface area contributed by atoms with E-state index in [4.69, 9.17) is 11.6 Å². The fourth-order valence-electron chi connectivity index (χ4n) is 1.30. The second-order valence-electron chi connectivity index (χ2n) is 3.83. The molecule has 0 fully saturated rings. The van der Waals surface area contributed by atoms with Gasteiger partial charge in [0.05, 0.1) is 6.54 Å². The van der Waals surface area contributed by atoms with Crippen LogP contribution in [0.25, 0.3) is 5.95 Å². The van der Waals surface area contributed by atoms with Crippen molar-refractivity contribution in [2.75, 3.05) is 25.5 Å². The Hall–Kier alpha value is -2.29. The number of anilines is 1. The Morgan fingerprint density at radius 3 is 2.90 bits per heavy atom. The van der Waals surface area contributed by atoms with Gasteiger partial charge in [-0.2, -0.15) is 24.7 Å². The average Bonchev–Trinajstić information content (AvgIpc) is 2.97. The highest BCUT2D eigenvalue weighted by atomic mass is 35.5. The first-order valence-corrected chi connectivity index (χ1v) is 6.22.